The number of benzene rings is 1. The Morgan fingerprint density at radius 3 is 2.65 bits per heavy atom. The Morgan fingerprint density at radius 1 is 1.35 bits per heavy atom. The fourth-order valence-corrected chi connectivity index (χ4v) is 3.13. The number of rotatable bonds is 2. The van der Waals surface area contributed by atoms with E-state index in [4.69, 9.17) is 0 Å². The van der Waals surface area contributed by atoms with Crippen LogP contribution in [0, 0.1) is 11.7 Å². The molecular formula is C14H15BrF4O. The Balaban J connectivity index is 2.14. The zero-order valence-corrected chi connectivity index (χ0v) is 12.3. The summed E-state index contributed by atoms with van der Waals surface area (Å²) >= 11 is 3.12. The fourth-order valence-electron chi connectivity index (χ4n) is 2.80. The summed E-state index contributed by atoms with van der Waals surface area (Å²) in [6, 6.07) is 4.36. The summed E-state index contributed by atoms with van der Waals surface area (Å²) < 4.78 is 52.6. The standard InChI is InChI=1S/C14H15BrF4O/c15-11-4-3-9(12(16)6-11)7-13(20)5-1-2-10(8-13)14(17,18)19/h3-4,6,10,20H,1-2,5,7-8H2. The summed E-state index contributed by atoms with van der Waals surface area (Å²) in [5.74, 6) is -2.01. The van der Waals surface area contributed by atoms with Crippen molar-refractivity contribution in [1.29, 1.82) is 0 Å². The molecule has 2 atom stereocenters. The van der Waals surface area contributed by atoms with Crippen LogP contribution in [-0.2, 0) is 6.42 Å². The topological polar surface area (TPSA) is 20.2 Å². The second-order valence-electron chi connectivity index (χ2n) is 5.47. The Morgan fingerprint density at radius 2 is 2.05 bits per heavy atom. The molecule has 6 heteroatoms. The van der Waals surface area contributed by atoms with Crippen LogP contribution in [-0.4, -0.2) is 16.9 Å². The van der Waals surface area contributed by atoms with Crippen molar-refractivity contribution in [3.63, 3.8) is 0 Å². The molecule has 1 nitrogen and oxygen atoms in total. The molecule has 112 valence electrons. The first-order valence-corrected chi connectivity index (χ1v) is 7.22. The van der Waals surface area contributed by atoms with Crippen molar-refractivity contribution in [3.05, 3.63) is 34.1 Å². The number of hydrogen-bond acceptors (Lipinski definition) is 1. The van der Waals surface area contributed by atoms with Crippen LogP contribution in [0.1, 0.15) is 31.2 Å². The van der Waals surface area contributed by atoms with Crippen LogP contribution in [0.3, 0.4) is 0 Å². The van der Waals surface area contributed by atoms with Gasteiger partial charge >= 0.3 is 6.18 Å². The van der Waals surface area contributed by atoms with Gasteiger partial charge in [-0.2, -0.15) is 13.2 Å². The average Bonchev–Trinajstić information content (AvgIpc) is 2.32. The summed E-state index contributed by atoms with van der Waals surface area (Å²) in [5.41, 5.74) is -1.23. The van der Waals surface area contributed by atoms with E-state index in [-0.39, 0.29) is 31.2 Å². The van der Waals surface area contributed by atoms with Gasteiger partial charge < -0.3 is 5.11 Å². The number of aliphatic hydroxyl groups is 1. The lowest BCUT2D eigenvalue weighted by Crippen LogP contribution is -2.42. The second-order valence-corrected chi connectivity index (χ2v) is 6.39. The highest BCUT2D eigenvalue weighted by atomic mass is 79.9. The lowest BCUT2D eigenvalue weighted by molar-refractivity contribution is -0.200. The third kappa shape index (κ3) is 3.73. The molecule has 1 aromatic rings. The third-order valence-electron chi connectivity index (χ3n) is 3.82. The minimum Gasteiger partial charge on any atom is -0.390 e. The van der Waals surface area contributed by atoms with Crippen molar-refractivity contribution < 1.29 is 22.7 Å². The summed E-state index contributed by atoms with van der Waals surface area (Å²) in [7, 11) is 0. The summed E-state index contributed by atoms with van der Waals surface area (Å²) in [5, 5.41) is 10.4. The first-order valence-electron chi connectivity index (χ1n) is 6.43. The van der Waals surface area contributed by atoms with E-state index in [1.54, 1.807) is 6.07 Å². The normalized spacial score (nSPS) is 27.6. The Labute approximate surface area is 123 Å². The second kappa shape index (κ2) is 5.64. The van der Waals surface area contributed by atoms with Crippen molar-refractivity contribution in [3.8, 4) is 0 Å². The highest BCUT2D eigenvalue weighted by molar-refractivity contribution is 9.10. The van der Waals surface area contributed by atoms with Gasteiger partial charge in [0.05, 0.1) is 11.5 Å². The zero-order chi connectivity index (χ0) is 15.0. The smallest absolute Gasteiger partial charge is 0.390 e. The molecule has 1 fully saturated rings. The maximum Gasteiger partial charge on any atom is 0.391 e. The van der Waals surface area contributed by atoms with Gasteiger partial charge in [0, 0.05) is 10.9 Å². The molecule has 0 saturated heterocycles. The van der Waals surface area contributed by atoms with Crippen molar-refractivity contribution in [2.24, 2.45) is 5.92 Å². The van der Waals surface area contributed by atoms with Crippen LogP contribution in [0.5, 0.6) is 0 Å². The van der Waals surface area contributed by atoms with Crippen molar-refractivity contribution in [2.75, 3.05) is 0 Å². The van der Waals surface area contributed by atoms with E-state index < -0.39 is 23.5 Å². The maximum atomic E-state index is 13.7. The van der Waals surface area contributed by atoms with Crippen LogP contribution >= 0.6 is 15.9 Å². The van der Waals surface area contributed by atoms with Crippen LogP contribution in [0.15, 0.2) is 22.7 Å². The van der Waals surface area contributed by atoms with Gasteiger partial charge in [-0.15, -0.1) is 0 Å². The predicted molar refractivity (Wildman–Crippen MR) is 70.8 cm³/mol. The van der Waals surface area contributed by atoms with E-state index in [1.807, 2.05) is 0 Å². The third-order valence-corrected chi connectivity index (χ3v) is 4.31. The quantitative estimate of drug-likeness (QED) is 0.768. The van der Waals surface area contributed by atoms with Gasteiger partial charge in [-0.3, -0.25) is 0 Å². The van der Waals surface area contributed by atoms with E-state index >= 15 is 0 Å². The van der Waals surface area contributed by atoms with Crippen molar-refractivity contribution >= 4 is 15.9 Å². The lowest BCUT2D eigenvalue weighted by Gasteiger charge is -2.37. The zero-order valence-electron chi connectivity index (χ0n) is 10.7. The van der Waals surface area contributed by atoms with E-state index in [2.05, 4.69) is 15.9 Å². The van der Waals surface area contributed by atoms with Gasteiger partial charge in [-0.05, 0) is 43.4 Å². The van der Waals surface area contributed by atoms with E-state index in [9.17, 15) is 22.7 Å². The fraction of sp³-hybridized carbons (Fsp3) is 0.571. The first kappa shape index (κ1) is 15.8. The minimum absolute atomic E-state index is 0.0363. The summed E-state index contributed by atoms with van der Waals surface area (Å²) in [6.07, 6.45) is -4.13. The van der Waals surface area contributed by atoms with Gasteiger partial charge in [0.15, 0.2) is 0 Å². The van der Waals surface area contributed by atoms with Crippen molar-refractivity contribution in [1.82, 2.24) is 0 Å². The molecule has 1 aliphatic rings. The largest absolute Gasteiger partial charge is 0.391 e. The predicted octanol–water partition coefficient (Wildman–Crippen LogP) is 4.61. The molecule has 1 aliphatic carbocycles. The number of alkyl halides is 3. The summed E-state index contributed by atoms with van der Waals surface area (Å²) in [6.45, 7) is 0. The molecule has 1 N–H and O–H groups in total. The van der Waals surface area contributed by atoms with Gasteiger partial charge in [-0.1, -0.05) is 22.0 Å². The maximum absolute atomic E-state index is 13.7. The molecule has 0 spiro atoms. The average molecular weight is 355 g/mol. The minimum atomic E-state index is -4.30. The molecule has 0 radical (unpaired) electrons. The molecule has 1 saturated carbocycles. The monoisotopic (exact) mass is 354 g/mol. The molecule has 0 aliphatic heterocycles. The van der Waals surface area contributed by atoms with E-state index in [0.29, 0.717) is 10.9 Å². The molecule has 2 rings (SSSR count). The van der Waals surface area contributed by atoms with E-state index in [1.165, 1.54) is 12.1 Å². The molecule has 2 unspecified atom stereocenters. The van der Waals surface area contributed by atoms with Crippen LogP contribution in [0.4, 0.5) is 17.6 Å². The highest BCUT2D eigenvalue weighted by Crippen LogP contribution is 2.43. The van der Waals surface area contributed by atoms with Gasteiger partial charge in [0.1, 0.15) is 5.82 Å². The molecule has 0 amide bonds. The number of halogens is 5. The molecular weight excluding hydrogens is 340 g/mol. The van der Waals surface area contributed by atoms with Crippen LogP contribution in [0.25, 0.3) is 0 Å². The highest BCUT2D eigenvalue weighted by Gasteiger charge is 2.47. The molecule has 0 bridgehead atoms. The molecule has 1 aromatic carbocycles. The van der Waals surface area contributed by atoms with Crippen LogP contribution in [0.2, 0.25) is 0 Å². The van der Waals surface area contributed by atoms with E-state index in [0.717, 1.165) is 0 Å². The first-order chi connectivity index (χ1) is 9.20. The van der Waals surface area contributed by atoms with Gasteiger partial charge in [0.25, 0.3) is 0 Å². The SMILES string of the molecule is OC1(Cc2ccc(Br)cc2F)CCCC(C(F)(F)F)C1. The molecule has 0 aromatic heterocycles. The van der Waals surface area contributed by atoms with Crippen LogP contribution < -0.4 is 0 Å². The number of hydrogen-bond donors (Lipinski definition) is 1. The Bertz CT molecular complexity index is 489. The van der Waals surface area contributed by atoms with Gasteiger partial charge in [-0.25, -0.2) is 4.39 Å². The van der Waals surface area contributed by atoms with Gasteiger partial charge in [0.2, 0.25) is 0 Å². The summed E-state index contributed by atoms with van der Waals surface area (Å²) in [4.78, 5) is 0. The Kier molecular flexibility index (Phi) is 4.44. The van der Waals surface area contributed by atoms with Crippen molar-refractivity contribution in [2.45, 2.75) is 43.9 Å². The lowest BCUT2D eigenvalue weighted by atomic mass is 9.75. The molecule has 20 heavy (non-hydrogen) atoms. The molecule has 0 heterocycles. The Hall–Kier alpha value is -0.620.